The van der Waals surface area contributed by atoms with E-state index in [4.69, 9.17) is 4.42 Å². The maximum Gasteiger partial charge on any atom is 0.339 e. The quantitative estimate of drug-likeness (QED) is 0.827. The van der Waals surface area contributed by atoms with Crippen molar-refractivity contribution in [3.8, 4) is 5.75 Å². The van der Waals surface area contributed by atoms with Gasteiger partial charge in [0.1, 0.15) is 0 Å². The molecule has 0 fully saturated rings. The van der Waals surface area contributed by atoms with E-state index < -0.39 is 0 Å². The topological polar surface area (TPSA) is 50.4 Å². The lowest BCUT2D eigenvalue weighted by Crippen LogP contribution is -2.11. The number of phenolic OH excluding ortho intramolecular Hbond substituents is 1. The van der Waals surface area contributed by atoms with Gasteiger partial charge in [-0.05, 0) is 24.5 Å². The van der Waals surface area contributed by atoms with Crippen molar-refractivity contribution < 1.29 is 9.52 Å². The highest BCUT2D eigenvalue weighted by Crippen LogP contribution is 2.28. The largest absolute Gasteiger partial charge is 0.504 e. The summed E-state index contributed by atoms with van der Waals surface area (Å²) >= 11 is 0. The predicted octanol–water partition coefficient (Wildman–Crippen LogP) is 3.01. The van der Waals surface area contributed by atoms with Gasteiger partial charge in [-0.2, -0.15) is 0 Å². The van der Waals surface area contributed by atoms with Crippen LogP contribution in [0.5, 0.6) is 5.75 Å². The molecule has 0 aliphatic heterocycles. The van der Waals surface area contributed by atoms with Crippen LogP contribution in [0.1, 0.15) is 31.4 Å². The Morgan fingerprint density at radius 2 is 2.00 bits per heavy atom. The molecule has 90 valence electrons. The molecule has 0 saturated heterocycles. The molecule has 0 aliphatic rings. The lowest BCUT2D eigenvalue weighted by atomic mass is 9.99. The molecule has 0 saturated carbocycles. The van der Waals surface area contributed by atoms with Crippen LogP contribution in [0.2, 0.25) is 0 Å². The molecular formula is C14H16O3. The Kier molecular flexibility index (Phi) is 3.18. The van der Waals surface area contributed by atoms with E-state index in [1.807, 2.05) is 13.0 Å². The lowest BCUT2D eigenvalue weighted by molar-refractivity contribution is 0.455. The van der Waals surface area contributed by atoms with E-state index in [0.717, 1.165) is 29.4 Å². The standard InChI is InChI=1S/C14H16O3/c1-3-6-10-9(4-2)14(16)17-13-11(10)7-5-8-12(13)15/h5,7-8,15H,3-4,6H2,1-2H3. The summed E-state index contributed by atoms with van der Waals surface area (Å²) in [6.07, 6.45) is 2.44. The van der Waals surface area contributed by atoms with Gasteiger partial charge in [-0.15, -0.1) is 0 Å². The Balaban J connectivity index is 2.87. The van der Waals surface area contributed by atoms with Gasteiger partial charge in [0.25, 0.3) is 0 Å². The monoisotopic (exact) mass is 232 g/mol. The van der Waals surface area contributed by atoms with Crippen molar-refractivity contribution in [2.75, 3.05) is 0 Å². The van der Waals surface area contributed by atoms with E-state index in [1.165, 1.54) is 6.07 Å². The van der Waals surface area contributed by atoms with Gasteiger partial charge in [0.05, 0.1) is 0 Å². The van der Waals surface area contributed by atoms with Crippen molar-refractivity contribution in [2.45, 2.75) is 33.1 Å². The molecule has 0 radical (unpaired) electrons. The predicted molar refractivity (Wildman–Crippen MR) is 67.5 cm³/mol. The van der Waals surface area contributed by atoms with Crippen LogP contribution in [0.3, 0.4) is 0 Å². The molecule has 1 heterocycles. The van der Waals surface area contributed by atoms with Crippen LogP contribution in [-0.4, -0.2) is 5.11 Å². The highest BCUT2D eigenvalue weighted by Gasteiger charge is 2.14. The molecule has 17 heavy (non-hydrogen) atoms. The van der Waals surface area contributed by atoms with Gasteiger partial charge in [0, 0.05) is 10.9 Å². The zero-order valence-corrected chi connectivity index (χ0v) is 10.1. The minimum atomic E-state index is -0.329. The average Bonchev–Trinajstić information content (AvgIpc) is 2.31. The minimum absolute atomic E-state index is 0.0274. The second-order valence-electron chi connectivity index (χ2n) is 4.10. The van der Waals surface area contributed by atoms with Crippen molar-refractivity contribution in [3.05, 3.63) is 39.7 Å². The number of aryl methyl sites for hydroxylation is 1. The summed E-state index contributed by atoms with van der Waals surface area (Å²) in [5.74, 6) is 0.0274. The van der Waals surface area contributed by atoms with E-state index >= 15 is 0 Å². The first-order chi connectivity index (χ1) is 8.19. The summed E-state index contributed by atoms with van der Waals surface area (Å²) in [6.45, 7) is 4.02. The fraction of sp³-hybridized carbons (Fsp3) is 0.357. The molecule has 0 bridgehead atoms. The Morgan fingerprint density at radius 3 is 2.65 bits per heavy atom. The van der Waals surface area contributed by atoms with Gasteiger partial charge in [-0.25, -0.2) is 4.79 Å². The number of rotatable bonds is 3. The van der Waals surface area contributed by atoms with Gasteiger partial charge < -0.3 is 9.52 Å². The molecule has 2 aromatic rings. The summed E-state index contributed by atoms with van der Waals surface area (Å²) < 4.78 is 5.20. The van der Waals surface area contributed by atoms with Crippen molar-refractivity contribution >= 4 is 11.0 Å². The third-order valence-corrected chi connectivity index (χ3v) is 2.98. The van der Waals surface area contributed by atoms with Crippen LogP contribution in [0.25, 0.3) is 11.0 Å². The molecule has 0 spiro atoms. The fourth-order valence-corrected chi connectivity index (χ4v) is 2.20. The highest BCUT2D eigenvalue weighted by molar-refractivity contribution is 5.86. The molecule has 0 unspecified atom stereocenters. The Hall–Kier alpha value is -1.77. The number of hydrogen-bond acceptors (Lipinski definition) is 3. The normalized spacial score (nSPS) is 10.9. The molecule has 3 nitrogen and oxygen atoms in total. The van der Waals surface area contributed by atoms with Crippen LogP contribution < -0.4 is 5.63 Å². The molecule has 1 aromatic heterocycles. The highest BCUT2D eigenvalue weighted by atomic mass is 16.4. The minimum Gasteiger partial charge on any atom is -0.504 e. The maximum atomic E-state index is 11.8. The summed E-state index contributed by atoms with van der Waals surface area (Å²) in [4.78, 5) is 11.8. The molecule has 0 atom stereocenters. The number of benzene rings is 1. The van der Waals surface area contributed by atoms with E-state index in [2.05, 4.69) is 6.92 Å². The molecule has 1 aromatic carbocycles. The number of hydrogen-bond donors (Lipinski definition) is 1. The average molecular weight is 232 g/mol. The molecule has 1 N–H and O–H groups in total. The summed E-state index contributed by atoms with van der Waals surface area (Å²) in [5, 5.41) is 10.6. The summed E-state index contributed by atoms with van der Waals surface area (Å²) in [6, 6.07) is 5.20. The maximum absolute atomic E-state index is 11.8. The fourth-order valence-electron chi connectivity index (χ4n) is 2.20. The third-order valence-electron chi connectivity index (χ3n) is 2.98. The Morgan fingerprint density at radius 1 is 1.24 bits per heavy atom. The Labute approximate surface area is 99.7 Å². The number of fused-ring (bicyclic) bond motifs is 1. The van der Waals surface area contributed by atoms with Gasteiger partial charge in [-0.3, -0.25) is 0 Å². The SMILES string of the molecule is CCCc1c(CC)c(=O)oc2c(O)cccc12. The van der Waals surface area contributed by atoms with Crippen molar-refractivity contribution in [1.82, 2.24) is 0 Å². The van der Waals surface area contributed by atoms with Gasteiger partial charge in [0.15, 0.2) is 11.3 Å². The second kappa shape index (κ2) is 4.62. The van der Waals surface area contributed by atoms with Gasteiger partial charge >= 0.3 is 5.63 Å². The van der Waals surface area contributed by atoms with E-state index in [9.17, 15) is 9.90 Å². The molecular weight excluding hydrogens is 216 g/mol. The van der Waals surface area contributed by atoms with Crippen LogP contribution in [-0.2, 0) is 12.8 Å². The van der Waals surface area contributed by atoms with Crippen LogP contribution in [0, 0.1) is 0 Å². The van der Waals surface area contributed by atoms with Crippen molar-refractivity contribution in [2.24, 2.45) is 0 Å². The zero-order chi connectivity index (χ0) is 12.4. The molecule has 0 aliphatic carbocycles. The first-order valence-corrected chi connectivity index (χ1v) is 5.95. The summed E-state index contributed by atoms with van der Waals surface area (Å²) in [5.41, 5.74) is 1.71. The first kappa shape index (κ1) is 11.7. The molecule has 3 heteroatoms. The van der Waals surface area contributed by atoms with Crippen molar-refractivity contribution in [3.63, 3.8) is 0 Å². The first-order valence-electron chi connectivity index (χ1n) is 5.95. The van der Waals surface area contributed by atoms with E-state index in [1.54, 1.807) is 6.07 Å². The van der Waals surface area contributed by atoms with Crippen molar-refractivity contribution in [1.29, 1.82) is 0 Å². The van der Waals surface area contributed by atoms with E-state index in [-0.39, 0.29) is 11.4 Å². The smallest absolute Gasteiger partial charge is 0.339 e. The molecule has 2 rings (SSSR count). The zero-order valence-electron chi connectivity index (χ0n) is 10.1. The third kappa shape index (κ3) is 1.93. The van der Waals surface area contributed by atoms with Gasteiger partial charge in [0.2, 0.25) is 0 Å². The van der Waals surface area contributed by atoms with E-state index in [0.29, 0.717) is 12.0 Å². The van der Waals surface area contributed by atoms with Crippen LogP contribution in [0.15, 0.2) is 27.4 Å². The van der Waals surface area contributed by atoms with Gasteiger partial charge in [-0.1, -0.05) is 32.4 Å². The summed E-state index contributed by atoms with van der Waals surface area (Å²) in [7, 11) is 0. The van der Waals surface area contributed by atoms with Crippen LogP contribution >= 0.6 is 0 Å². The Bertz CT molecular complexity index is 596. The number of aromatic hydroxyl groups is 1. The second-order valence-corrected chi connectivity index (χ2v) is 4.10. The number of para-hydroxylation sites is 1. The number of phenols is 1. The van der Waals surface area contributed by atoms with Crippen LogP contribution in [0.4, 0.5) is 0 Å². The molecule has 0 amide bonds. The lowest BCUT2D eigenvalue weighted by Gasteiger charge is -2.09.